The Morgan fingerprint density at radius 3 is 1.39 bits per heavy atom. The molecule has 2 aromatic rings. The number of nitrogens with one attached hydrogen (secondary N) is 1. The van der Waals surface area contributed by atoms with Crippen molar-refractivity contribution in [1.82, 2.24) is 0 Å². The molecule has 0 aliphatic carbocycles. The van der Waals surface area contributed by atoms with Gasteiger partial charge in [-0.15, -0.1) is 0 Å². The summed E-state index contributed by atoms with van der Waals surface area (Å²) in [6.45, 7) is 2.72. The van der Waals surface area contributed by atoms with Crippen LogP contribution in [-0.2, 0) is 4.74 Å². The van der Waals surface area contributed by atoms with Crippen molar-refractivity contribution in [2.75, 3.05) is 11.9 Å². The lowest BCUT2D eigenvalue weighted by Crippen LogP contribution is -2.12. The van der Waals surface area contributed by atoms with E-state index in [1.54, 1.807) is 36.4 Å². The van der Waals surface area contributed by atoms with Crippen LogP contribution < -0.4 is 5.32 Å². The number of esters is 1. The molecule has 0 unspecified atom stereocenters. The van der Waals surface area contributed by atoms with Crippen LogP contribution in [0, 0.1) is 0 Å². The van der Waals surface area contributed by atoms with Gasteiger partial charge < -0.3 is 15.2 Å². The molecule has 0 aromatic heterocycles. The lowest BCUT2D eigenvalue weighted by atomic mass is 10.0. The van der Waals surface area contributed by atoms with Crippen LogP contribution in [-0.4, -0.2) is 23.6 Å². The van der Waals surface area contributed by atoms with Crippen LogP contribution in [0.1, 0.15) is 156 Å². The maximum atomic E-state index is 12.3. The lowest BCUT2D eigenvalue weighted by molar-refractivity contribution is 0.0497. The van der Waals surface area contributed by atoms with Gasteiger partial charge in [0.2, 0.25) is 0 Å². The molecule has 0 aliphatic heterocycles. The minimum atomic E-state index is -0.334. The smallest absolute Gasteiger partial charge is 0.338 e. The van der Waals surface area contributed by atoms with Crippen molar-refractivity contribution in [1.29, 1.82) is 0 Å². The van der Waals surface area contributed by atoms with Crippen LogP contribution in [0.4, 0.5) is 5.69 Å². The van der Waals surface area contributed by atoms with Gasteiger partial charge in [-0.3, -0.25) is 4.79 Å². The van der Waals surface area contributed by atoms with Gasteiger partial charge in [-0.25, -0.2) is 4.79 Å². The molecule has 228 valence electrons. The first kappa shape index (κ1) is 34.4. The Hall–Kier alpha value is -2.82. The summed E-state index contributed by atoms with van der Waals surface area (Å²) in [5.74, 6) is -0.501. The zero-order valence-corrected chi connectivity index (χ0v) is 25.6. The first-order chi connectivity index (χ1) is 20.1. The number of amides is 1. The van der Waals surface area contributed by atoms with E-state index in [0.29, 0.717) is 23.4 Å². The zero-order chi connectivity index (χ0) is 29.4. The van der Waals surface area contributed by atoms with Crippen LogP contribution in [0.25, 0.3) is 0 Å². The van der Waals surface area contributed by atoms with Crippen molar-refractivity contribution in [3.63, 3.8) is 0 Å². The fourth-order valence-electron chi connectivity index (χ4n) is 5.11. The molecule has 0 aliphatic rings. The number of phenolic OH excluding ortho intramolecular Hbond substituents is 1. The van der Waals surface area contributed by atoms with Gasteiger partial charge in [-0.05, 0) is 55.0 Å². The first-order valence-corrected chi connectivity index (χ1v) is 16.5. The molecule has 41 heavy (non-hydrogen) atoms. The third-order valence-corrected chi connectivity index (χ3v) is 7.74. The Morgan fingerprint density at radius 2 is 0.951 bits per heavy atom. The summed E-state index contributed by atoms with van der Waals surface area (Å²) in [5, 5.41) is 12.1. The maximum Gasteiger partial charge on any atom is 0.338 e. The SMILES string of the molecule is CCCCCCCCCCCCCCCCCCCCCCOC(=O)c1ccc(NC(=O)c2ccc(O)cc2)cc1. The molecule has 0 heterocycles. The fraction of sp³-hybridized carbons (Fsp3) is 0.611. The van der Waals surface area contributed by atoms with Crippen LogP contribution in [0.2, 0.25) is 0 Å². The highest BCUT2D eigenvalue weighted by atomic mass is 16.5. The molecule has 2 rings (SSSR count). The van der Waals surface area contributed by atoms with Crippen LogP contribution in [0.3, 0.4) is 0 Å². The normalized spacial score (nSPS) is 11.0. The summed E-state index contributed by atoms with van der Waals surface area (Å²) in [7, 11) is 0. The Kier molecular flexibility index (Phi) is 19.1. The number of carbonyl (C=O) groups excluding carboxylic acids is 2. The van der Waals surface area contributed by atoms with Gasteiger partial charge in [0.15, 0.2) is 0 Å². The number of hydrogen-bond donors (Lipinski definition) is 2. The molecule has 0 atom stereocenters. The predicted molar refractivity (Wildman–Crippen MR) is 171 cm³/mol. The van der Waals surface area contributed by atoms with E-state index in [2.05, 4.69) is 12.2 Å². The molecular formula is C36H55NO4. The maximum absolute atomic E-state index is 12.3. The molecule has 2 N–H and O–H groups in total. The van der Waals surface area contributed by atoms with Gasteiger partial charge in [-0.2, -0.15) is 0 Å². The Labute approximate surface area is 249 Å². The minimum Gasteiger partial charge on any atom is -0.508 e. The van der Waals surface area contributed by atoms with Crippen molar-refractivity contribution in [3.8, 4) is 5.75 Å². The number of carbonyl (C=O) groups is 2. The van der Waals surface area contributed by atoms with Gasteiger partial charge in [-0.1, -0.05) is 129 Å². The second-order valence-electron chi connectivity index (χ2n) is 11.4. The third-order valence-electron chi connectivity index (χ3n) is 7.74. The lowest BCUT2D eigenvalue weighted by Gasteiger charge is -2.08. The van der Waals surface area contributed by atoms with Crippen LogP contribution in [0.5, 0.6) is 5.75 Å². The van der Waals surface area contributed by atoms with Gasteiger partial charge in [0.25, 0.3) is 5.91 Å². The topological polar surface area (TPSA) is 75.6 Å². The van der Waals surface area contributed by atoms with Gasteiger partial charge in [0.05, 0.1) is 12.2 Å². The van der Waals surface area contributed by atoms with E-state index >= 15 is 0 Å². The van der Waals surface area contributed by atoms with Crippen molar-refractivity contribution >= 4 is 17.6 Å². The number of aromatic hydroxyl groups is 1. The Balaban J connectivity index is 1.36. The largest absolute Gasteiger partial charge is 0.508 e. The summed E-state index contributed by atoms with van der Waals surface area (Å²) >= 11 is 0. The molecule has 0 bridgehead atoms. The average molecular weight is 566 g/mol. The molecule has 0 fully saturated rings. The molecule has 5 heteroatoms. The highest BCUT2D eigenvalue weighted by Crippen LogP contribution is 2.16. The number of rotatable bonds is 24. The molecule has 5 nitrogen and oxygen atoms in total. The van der Waals surface area contributed by atoms with E-state index in [1.807, 2.05) is 0 Å². The number of phenols is 1. The van der Waals surface area contributed by atoms with E-state index in [0.717, 1.165) is 12.8 Å². The standard InChI is InChI=1S/C36H55NO4/c1-2-3-4-5-6-7-8-9-10-11-12-13-14-15-16-17-18-19-20-21-30-41-36(40)32-22-26-33(27-23-32)37-35(39)31-24-28-34(38)29-25-31/h22-29,38H,2-21,30H2,1H3,(H,37,39). The number of benzene rings is 2. The monoisotopic (exact) mass is 565 g/mol. The number of anilines is 1. The summed E-state index contributed by atoms with van der Waals surface area (Å²) in [4.78, 5) is 24.6. The van der Waals surface area contributed by atoms with Crippen LogP contribution >= 0.6 is 0 Å². The molecule has 0 saturated heterocycles. The summed E-state index contributed by atoms with van der Waals surface area (Å²) in [6.07, 6.45) is 26.9. The highest BCUT2D eigenvalue weighted by molar-refractivity contribution is 6.04. The van der Waals surface area contributed by atoms with Gasteiger partial charge in [0, 0.05) is 11.3 Å². The Bertz CT molecular complexity index is 939. The molecular weight excluding hydrogens is 510 g/mol. The summed E-state index contributed by atoms with van der Waals surface area (Å²) < 4.78 is 5.42. The number of ether oxygens (including phenoxy) is 1. The Morgan fingerprint density at radius 1 is 0.561 bits per heavy atom. The number of hydrogen-bond acceptors (Lipinski definition) is 4. The van der Waals surface area contributed by atoms with Crippen molar-refractivity contribution < 1.29 is 19.4 Å². The van der Waals surface area contributed by atoms with Crippen LogP contribution in [0.15, 0.2) is 48.5 Å². The van der Waals surface area contributed by atoms with Crippen molar-refractivity contribution in [2.24, 2.45) is 0 Å². The molecule has 0 radical (unpaired) electrons. The van der Waals surface area contributed by atoms with E-state index in [9.17, 15) is 14.7 Å². The third kappa shape index (κ3) is 16.9. The quantitative estimate of drug-likeness (QED) is 0.0980. The minimum absolute atomic E-state index is 0.111. The first-order valence-electron chi connectivity index (χ1n) is 16.5. The van der Waals surface area contributed by atoms with E-state index < -0.39 is 0 Å². The second kappa shape index (κ2) is 22.8. The summed E-state index contributed by atoms with van der Waals surface area (Å²) in [6, 6.07) is 12.7. The number of unbranched alkanes of at least 4 members (excludes halogenated alkanes) is 19. The van der Waals surface area contributed by atoms with Gasteiger partial charge >= 0.3 is 5.97 Å². The molecule has 0 spiro atoms. The van der Waals surface area contributed by atoms with E-state index in [1.165, 1.54) is 128 Å². The van der Waals surface area contributed by atoms with Crippen molar-refractivity contribution in [2.45, 2.75) is 135 Å². The fourth-order valence-corrected chi connectivity index (χ4v) is 5.11. The second-order valence-corrected chi connectivity index (χ2v) is 11.4. The average Bonchev–Trinajstić information content (AvgIpc) is 2.98. The van der Waals surface area contributed by atoms with Gasteiger partial charge in [0.1, 0.15) is 5.75 Å². The predicted octanol–water partition coefficient (Wildman–Crippen LogP) is 10.6. The molecule has 0 saturated carbocycles. The highest BCUT2D eigenvalue weighted by Gasteiger charge is 2.09. The molecule has 2 aromatic carbocycles. The summed E-state index contributed by atoms with van der Waals surface area (Å²) in [5.41, 5.74) is 1.51. The van der Waals surface area contributed by atoms with Crippen molar-refractivity contribution in [3.05, 3.63) is 59.7 Å². The zero-order valence-electron chi connectivity index (χ0n) is 25.6. The van der Waals surface area contributed by atoms with E-state index in [-0.39, 0.29) is 17.6 Å². The molecule has 1 amide bonds. The van der Waals surface area contributed by atoms with E-state index in [4.69, 9.17) is 4.74 Å².